The maximum Gasteiger partial charge on any atom is 0.416 e. The second-order valence-corrected chi connectivity index (χ2v) is 22.9. The Kier molecular flexibility index (Phi) is 15.3. The Bertz CT molecular complexity index is 3340. The van der Waals surface area contributed by atoms with Crippen molar-refractivity contribution >= 4 is 75.7 Å². The van der Waals surface area contributed by atoms with Crippen LogP contribution in [0.15, 0.2) is 85.3 Å². The maximum absolute atomic E-state index is 12.8. The highest BCUT2D eigenvalue weighted by molar-refractivity contribution is 7.91. The number of alkyl halides is 3. The Hall–Kier alpha value is -6.37. The molecule has 5 aromatic rings. The van der Waals surface area contributed by atoms with Crippen LogP contribution in [-0.2, 0) is 57.2 Å². The quantitative estimate of drug-likeness (QED) is 0.113. The summed E-state index contributed by atoms with van der Waals surface area (Å²) in [6.07, 6.45) is 3.57. The van der Waals surface area contributed by atoms with Crippen molar-refractivity contribution in [3.05, 3.63) is 116 Å². The first-order valence-corrected chi connectivity index (χ1v) is 26.9. The number of rotatable bonds is 11. The predicted molar refractivity (Wildman–Crippen MR) is 242 cm³/mol. The lowest BCUT2D eigenvalue weighted by molar-refractivity contribution is -0.138. The van der Waals surface area contributed by atoms with Crippen LogP contribution in [0.1, 0.15) is 109 Å². The molecule has 2 saturated carbocycles. The topological polar surface area (TPSA) is 273 Å². The SMILES string of the molecule is CS(=O)(=O)c1cc(C(F)(F)F)ccc1C(=O)c1cnoc1C1CC1.CS(=O)(=O)c1ccc(C(=O)C2C(=O)CCCC2=O)c(Cl)c1.Cc1c(C(=O)c2cnn(C)c2O)ccc(S(C)(=O)=O)c1C1=NOCC1. The van der Waals surface area contributed by atoms with E-state index in [9.17, 15) is 67.5 Å². The molecule has 1 aliphatic heterocycles. The van der Waals surface area contributed by atoms with Crippen LogP contribution in [-0.4, -0.2) is 105 Å². The molecule has 0 saturated heterocycles. The molecule has 3 aromatic carbocycles. The number of hydrogen-bond donors (Lipinski definition) is 1. The summed E-state index contributed by atoms with van der Waals surface area (Å²) < 4.78 is 116. The molecule has 25 heteroatoms. The van der Waals surface area contributed by atoms with Crippen molar-refractivity contribution in [2.24, 2.45) is 18.1 Å². The fraction of sp³-hybridized carbons (Fsp3) is 0.333. The summed E-state index contributed by atoms with van der Waals surface area (Å²) in [6, 6.07) is 8.52. The zero-order valence-electron chi connectivity index (χ0n) is 37.7. The van der Waals surface area contributed by atoms with Crippen molar-refractivity contribution in [2.75, 3.05) is 25.4 Å². The Morgan fingerprint density at radius 2 is 1.37 bits per heavy atom. The first kappa shape index (κ1) is 53.0. The molecule has 18 nitrogen and oxygen atoms in total. The molecule has 372 valence electrons. The minimum atomic E-state index is -4.71. The fourth-order valence-corrected chi connectivity index (χ4v) is 10.3. The predicted octanol–water partition coefficient (Wildman–Crippen LogP) is 6.26. The lowest BCUT2D eigenvalue weighted by Gasteiger charge is -2.18. The van der Waals surface area contributed by atoms with Gasteiger partial charge in [0, 0.05) is 73.2 Å². The van der Waals surface area contributed by atoms with Gasteiger partial charge in [-0.1, -0.05) is 21.9 Å². The number of hydrogen-bond acceptors (Lipinski definition) is 17. The van der Waals surface area contributed by atoms with Gasteiger partial charge in [-0.15, -0.1) is 0 Å². The number of aryl methyl sites for hydroxylation is 1. The number of halogens is 4. The molecule has 2 aliphatic carbocycles. The van der Waals surface area contributed by atoms with E-state index >= 15 is 0 Å². The van der Waals surface area contributed by atoms with Crippen LogP contribution >= 0.6 is 11.6 Å². The van der Waals surface area contributed by atoms with E-state index in [1.807, 2.05) is 0 Å². The van der Waals surface area contributed by atoms with Gasteiger partial charge >= 0.3 is 6.18 Å². The van der Waals surface area contributed by atoms with Gasteiger partial charge in [0.25, 0.3) is 0 Å². The largest absolute Gasteiger partial charge is 0.493 e. The van der Waals surface area contributed by atoms with Gasteiger partial charge in [0.2, 0.25) is 5.88 Å². The van der Waals surface area contributed by atoms with Crippen molar-refractivity contribution in [1.82, 2.24) is 14.9 Å². The van der Waals surface area contributed by atoms with Gasteiger partial charge in [-0.2, -0.15) is 18.3 Å². The maximum atomic E-state index is 12.8. The average molecular weight is 1050 g/mol. The van der Waals surface area contributed by atoms with E-state index in [1.165, 1.54) is 48.4 Å². The molecule has 0 bridgehead atoms. The average Bonchev–Trinajstić information content (AvgIpc) is 3.58. The van der Waals surface area contributed by atoms with E-state index in [4.69, 9.17) is 21.0 Å². The molecular weight excluding hydrogens is 1010 g/mol. The van der Waals surface area contributed by atoms with E-state index in [1.54, 1.807) is 6.92 Å². The number of Topliss-reactive ketones (excluding diaryl/α,β-unsaturated/α-hetero) is 3. The summed E-state index contributed by atoms with van der Waals surface area (Å²) in [4.78, 5) is 65.7. The molecule has 0 unspecified atom stereocenters. The zero-order chi connectivity index (χ0) is 51.8. The Morgan fingerprint density at radius 3 is 1.89 bits per heavy atom. The molecule has 0 spiro atoms. The summed E-state index contributed by atoms with van der Waals surface area (Å²) in [5, 5.41) is 21.2. The highest BCUT2D eigenvalue weighted by Crippen LogP contribution is 2.42. The van der Waals surface area contributed by atoms with Crippen LogP contribution in [0.4, 0.5) is 13.2 Å². The summed E-state index contributed by atoms with van der Waals surface area (Å²) in [7, 11) is -9.49. The lowest BCUT2D eigenvalue weighted by atomic mass is 9.82. The van der Waals surface area contributed by atoms with E-state index in [0.29, 0.717) is 54.2 Å². The standard InChI is InChI=1S/C16H17N3O5S.C15H12F3NO4S.C14H13ClO5S/c1-9-10(15(20)11-8-17-19(2)16(11)21)4-5-13(25(3,22)23)14(9)12-6-7-24-18-12;1-24(21,22)12-6-9(15(16,17)18)4-5-10(12)13(20)11-7-19-23-14(11)8-2-3-8;1-21(19,20)8-5-6-9(10(15)7-8)14(18)13-11(16)3-2-4-12(13)17/h4-5,8,21H,6-7H2,1-3H3;4-8H,2-3H2,1H3;5-7,13H,2-4H2,1H3. The second kappa shape index (κ2) is 20.2. The van der Waals surface area contributed by atoms with Crippen molar-refractivity contribution in [3.63, 3.8) is 0 Å². The number of carbonyl (C=O) groups is 5. The molecule has 1 N–H and O–H groups in total. The number of oxime groups is 1. The van der Waals surface area contributed by atoms with Crippen molar-refractivity contribution in [1.29, 1.82) is 0 Å². The Morgan fingerprint density at radius 1 is 0.771 bits per heavy atom. The van der Waals surface area contributed by atoms with E-state index in [2.05, 4.69) is 15.4 Å². The molecular formula is C45H42ClF3N4O14S3. The number of benzene rings is 3. The summed E-state index contributed by atoms with van der Waals surface area (Å²) in [5.41, 5.74) is 0.300. The van der Waals surface area contributed by atoms with Crippen LogP contribution in [0, 0.1) is 12.8 Å². The summed E-state index contributed by atoms with van der Waals surface area (Å²) in [5.74, 6) is -3.79. The molecule has 8 rings (SSSR count). The normalized spacial score (nSPS) is 15.5. The number of ketones is 5. The molecule has 0 amide bonds. The Balaban J connectivity index is 0.000000173. The molecule has 3 aliphatic rings. The highest BCUT2D eigenvalue weighted by Gasteiger charge is 2.38. The molecule has 70 heavy (non-hydrogen) atoms. The van der Waals surface area contributed by atoms with Gasteiger partial charge in [0.05, 0.1) is 48.9 Å². The first-order chi connectivity index (χ1) is 32.5. The molecule has 3 heterocycles. The monoisotopic (exact) mass is 1050 g/mol. The van der Waals surface area contributed by atoms with Crippen LogP contribution in [0.25, 0.3) is 0 Å². The second-order valence-electron chi connectivity index (χ2n) is 16.5. The van der Waals surface area contributed by atoms with Gasteiger partial charge in [-0.05, 0) is 80.3 Å². The third kappa shape index (κ3) is 11.6. The molecule has 2 fully saturated rings. The smallest absolute Gasteiger partial charge is 0.416 e. The van der Waals surface area contributed by atoms with Gasteiger partial charge in [-0.3, -0.25) is 24.0 Å². The van der Waals surface area contributed by atoms with Crippen molar-refractivity contribution < 1.29 is 76.9 Å². The lowest BCUT2D eigenvalue weighted by Crippen LogP contribution is -2.35. The number of sulfone groups is 3. The van der Waals surface area contributed by atoms with Crippen molar-refractivity contribution in [2.45, 2.75) is 72.2 Å². The van der Waals surface area contributed by atoms with Crippen LogP contribution in [0.5, 0.6) is 5.88 Å². The van der Waals surface area contributed by atoms with Crippen LogP contribution in [0.2, 0.25) is 5.02 Å². The summed E-state index contributed by atoms with van der Waals surface area (Å²) >= 11 is 5.94. The van der Waals surface area contributed by atoms with Crippen molar-refractivity contribution in [3.8, 4) is 5.88 Å². The van der Waals surface area contributed by atoms with E-state index in [0.717, 1.165) is 43.7 Å². The number of aromatic nitrogens is 3. The first-order valence-electron chi connectivity index (χ1n) is 20.8. The molecule has 0 atom stereocenters. The Labute approximate surface area is 403 Å². The minimum Gasteiger partial charge on any atom is -0.493 e. The number of nitrogens with zero attached hydrogens (tertiary/aromatic N) is 4. The molecule has 2 aromatic heterocycles. The van der Waals surface area contributed by atoms with Gasteiger partial charge in [0.15, 0.2) is 64.2 Å². The minimum absolute atomic E-state index is 0.00216. The summed E-state index contributed by atoms with van der Waals surface area (Å²) in [6.45, 7) is 2.02. The van der Waals surface area contributed by atoms with Gasteiger partial charge in [-0.25, -0.2) is 29.9 Å². The van der Waals surface area contributed by atoms with Crippen LogP contribution in [0.3, 0.4) is 0 Å². The number of aromatic hydroxyl groups is 1. The zero-order valence-corrected chi connectivity index (χ0v) is 40.9. The van der Waals surface area contributed by atoms with E-state index in [-0.39, 0.29) is 67.3 Å². The third-order valence-electron chi connectivity index (χ3n) is 11.2. The van der Waals surface area contributed by atoms with Gasteiger partial charge in [0.1, 0.15) is 18.1 Å². The fourth-order valence-electron chi connectivity index (χ4n) is 7.50. The van der Waals surface area contributed by atoms with E-state index < -0.39 is 81.0 Å². The van der Waals surface area contributed by atoms with Gasteiger partial charge < -0.3 is 14.5 Å². The highest BCUT2D eigenvalue weighted by atomic mass is 35.5. The number of carbonyl (C=O) groups excluding carboxylic acids is 5. The molecule has 0 radical (unpaired) electrons. The van der Waals surface area contributed by atoms with Crippen LogP contribution < -0.4 is 0 Å². The third-order valence-corrected chi connectivity index (χ3v) is 14.9.